The van der Waals surface area contributed by atoms with Gasteiger partial charge in [0.15, 0.2) is 0 Å². The van der Waals surface area contributed by atoms with Crippen molar-refractivity contribution in [2.24, 2.45) is 0 Å². The van der Waals surface area contributed by atoms with Gasteiger partial charge in [0, 0.05) is 19.0 Å². The number of hydrogen-bond acceptors (Lipinski definition) is 3. The Hall–Kier alpha value is -1.29. The van der Waals surface area contributed by atoms with Gasteiger partial charge in [-0.05, 0) is 38.9 Å². The van der Waals surface area contributed by atoms with Gasteiger partial charge in [0.25, 0.3) is 5.91 Å². The molecule has 1 aromatic heterocycles. The second-order valence-corrected chi connectivity index (χ2v) is 4.68. The van der Waals surface area contributed by atoms with E-state index in [1.807, 2.05) is 18.7 Å². The zero-order chi connectivity index (χ0) is 13.0. The van der Waals surface area contributed by atoms with Crippen molar-refractivity contribution in [2.45, 2.75) is 39.2 Å². The van der Waals surface area contributed by atoms with Crippen molar-refractivity contribution in [3.05, 3.63) is 23.7 Å². The quantitative estimate of drug-likeness (QED) is 0.889. The van der Waals surface area contributed by atoms with Crippen LogP contribution in [0.2, 0.25) is 0 Å². The van der Waals surface area contributed by atoms with E-state index in [2.05, 4.69) is 5.32 Å². The number of piperidine rings is 1. The normalized spacial score (nSPS) is 16.8. The van der Waals surface area contributed by atoms with Crippen LogP contribution in [0.25, 0.3) is 0 Å². The number of rotatable bonds is 4. The number of carbonyl (C=O) groups is 1. The van der Waals surface area contributed by atoms with Crippen LogP contribution in [0.3, 0.4) is 0 Å². The average Bonchev–Trinajstić information content (AvgIpc) is 2.89. The van der Waals surface area contributed by atoms with Crippen molar-refractivity contribution in [1.29, 1.82) is 0 Å². The van der Waals surface area contributed by atoms with Gasteiger partial charge in [0.1, 0.15) is 5.76 Å². The SMILES string of the molecule is CCc1occc1C(=O)N(CC)C1CCNCC1. The Balaban J connectivity index is 2.14. The van der Waals surface area contributed by atoms with Gasteiger partial charge in [-0.25, -0.2) is 0 Å². The van der Waals surface area contributed by atoms with Gasteiger partial charge >= 0.3 is 0 Å². The molecule has 0 saturated carbocycles. The molecule has 1 aromatic rings. The minimum atomic E-state index is 0.120. The highest BCUT2D eigenvalue weighted by Crippen LogP contribution is 2.19. The number of amides is 1. The lowest BCUT2D eigenvalue weighted by atomic mass is 10.0. The van der Waals surface area contributed by atoms with Crippen LogP contribution in [-0.2, 0) is 6.42 Å². The molecule has 0 atom stereocenters. The van der Waals surface area contributed by atoms with Crippen molar-refractivity contribution in [3.8, 4) is 0 Å². The number of aryl methyl sites for hydroxylation is 1. The molecule has 1 fully saturated rings. The Bertz CT molecular complexity index is 394. The molecule has 0 aliphatic carbocycles. The third kappa shape index (κ3) is 2.58. The Morgan fingerprint density at radius 2 is 2.17 bits per heavy atom. The van der Waals surface area contributed by atoms with Gasteiger partial charge in [0.05, 0.1) is 11.8 Å². The molecule has 1 aliphatic heterocycles. The summed E-state index contributed by atoms with van der Waals surface area (Å²) in [6.45, 7) is 6.82. The highest BCUT2D eigenvalue weighted by atomic mass is 16.3. The van der Waals surface area contributed by atoms with Crippen molar-refractivity contribution in [1.82, 2.24) is 10.2 Å². The van der Waals surface area contributed by atoms with E-state index >= 15 is 0 Å². The maximum atomic E-state index is 12.6. The highest BCUT2D eigenvalue weighted by molar-refractivity contribution is 5.95. The van der Waals surface area contributed by atoms with E-state index in [4.69, 9.17) is 4.42 Å². The Labute approximate surface area is 108 Å². The Kier molecular flexibility index (Phi) is 4.42. The maximum absolute atomic E-state index is 12.6. The van der Waals surface area contributed by atoms with Crippen LogP contribution in [-0.4, -0.2) is 36.5 Å². The van der Waals surface area contributed by atoms with E-state index in [0.717, 1.165) is 50.2 Å². The molecule has 0 bridgehead atoms. The van der Waals surface area contributed by atoms with Gasteiger partial charge in [-0.1, -0.05) is 6.92 Å². The summed E-state index contributed by atoms with van der Waals surface area (Å²) < 4.78 is 5.36. The maximum Gasteiger partial charge on any atom is 0.257 e. The fourth-order valence-electron chi connectivity index (χ4n) is 2.65. The summed E-state index contributed by atoms with van der Waals surface area (Å²) in [5.41, 5.74) is 0.734. The van der Waals surface area contributed by atoms with Crippen molar-refractivity contribution >= 4 is 5.91 Å². The van der Waals surface area contributed by atoms with Crippen molar-refractivity contribution in [2.75, 3.05) is 19.6 Å². The predicted molar refractivity (Wildman–Crippen MR) is 70.7 cm³/mol. The van der Waals surface area contributed by atoms with Crippen LogP contribution in [0.5, 0.6) is 0 Å². The molecule has 2 heterocycles. The molecule has 1 saturated heterocycles. The molecule has 1 amide bonds. The summed E-state index contributed by atoms with van der Waals surface area (Å²) in [4.78, 5) is 14.6. The molecule has 100 valence electrons. The van der Waals surface area contributed by atoms with Gasteiger partial charge < -0.3 is 14.6 Å². The van der Waals surface area contributed by atoms with Gasteiger partial charge in [0.2, 0.25) is 0 Å². The number of nitrogens with one attached hydrogen (secondary N) is 1. The lowest BCUT2D eigenvalue weighted by molar-refractivity contribution is 0.0654. The predicted octanol–water partition coefficient (Wildman–Crippen LogP) is 2.06. The van der Waals surface area contributed by atoms with E-state index in [0.29, 0.717) is 6.04 Å². The van der Waals surface area contributed by atoms with Crippen LogP contribution >= 0.6 is 0 Å². The first-order valence-corrected chi connectivity index (χ1v) is 6.86. The van der Waals surface area contributed by atoms with Gasteiger partial charge in [-0.3, -0.25) is 4.79 Å². The minimum Gasteiger partial charge on any atom is -0.469 e. The molecule has 2 rings (SSSR count). The van der Waals surface area contributed by atoms with E-state index in [1.165, 1.54) is 0 Å². The zero-order valence-electron chi connectivity index (χ0n) is 11.2. The fourth-order valence-corrected chi connectivity index (χ4v) is 2.65. The zero-order valence-corrected chi connectivity index (χ0v) is 11.2. The standard InChI is InChI=1S/C14H22N2O2/c1-3-13-12(7-10-18-13)14(17)16(4-2)11-5-8-15-9-6-11/h7,10-11,15H,3-6,8-9H2,1-2H3. The Morgan fingerprint density at radius 1 is 1.44 bits per heavy atom. The second kappa shape index (κ2) is 6.05. The fraction of sp³-hybridized carbons (Fsp3) is 0.643. The molecule has 4 heteroatoms. The number of hydrogen-bond donors (Lipinski definition) is 1. The first kappa shape index (κ1) is 13.1. The van der Waals surface area contributed by atoms with Crippen molar-refractivity contribution in [3.63, 3.8) is 0 Å². The average molecular weight is 250 g/mol. The molecule has 0 spiro atoms. The summed E-state index contributed by atoms with van der Waals surface area (Å²) in [5.74, 6) is 0.919. The topological polar surface area (TPSA) is 45.5 Å². The molecule has 1 aliphatic rings. The molecule has 18 heavy (non-hydrogen) atoms. The summed E-state index contributed by atoms with van der Waals surface area (Å²) >= 11 is 0. The lowest BCUT2D eigenvalue weighted by Gasteiger charge is -2.33. The monoisotopic (exact) mass is 250 g/mol. The minimum absolute atomic E-state index is 0.120. The van der Waals surface area contributed by atoms with E-state index in [1.54, 1.807) is 12.3 Å². The number of nitrogens with zero attached hydrogens (tertiary/aromatic N) is 1. The van der Waals surface area contributed by atoms with Gasteiger partial charge in [-0.2, -0.15) is 0 Å². The van der Waals surface area contributed by atoms with Crippen LogP contribution in [0.1, 0.15) is 42.8 Å². The highest BCUT2D eigenvalue weighted by Gasteiger charge is 2.26. The molecule has 4 nitrogen and oxygen atoms in total. The summed E-state index contributed by atoms with van der Waals surface area (Å²) in [7, 11) is 0. The largest absolute Gasteiger partial charge is 0.469 e. The molecular formula is C14H22N2O2. The summed E-state index contributed by atoms with van der Waals surface area (Å²) in [6.07, 6.45) is 4.46. The first-order chi connectivity index (χ1) is 8.77. The second-order valence-electron chi connectivity index (χ2n) is 4.68. The van der Waals surface area contributed by atoms with Crippen LogP contribution in [0.4, 0.5) is 0 Å². The summed E-state index contributed by atoms with van der Waals surface area (Å²) in [5, 5.41) is 3.33. The van der Waals surface area contributed by atoms with Crippen molar-refractivity contribution < 1.29 is 9.21 Å². The first-order valence-electron chi connectivity index (χ1n) is 6.86. The van der Waals surface area contributed by atoms with Gasteiger partial charge in [-0.15, -0.1) is 0 Å². The van der Waals surface area contributed by atoms with E-state index in [9.17, 15) is 4.79 Å². The third-order valence-corrected chi connectivity index (χ3v) is 3.65. The smallest absolute Gasteiger partial charge is 0.257 e. The Morgan fingerprint density at radius 3 is 2.78 bits per heavy atom. The number of furan rings is 1. The van der Waals surface area contributed by atoms with E-state index in [-0.39, 0.29) is 5.91 Å². The molecular weight excluding hydrogens is 228 g/mol. The molecule has 0 unspecified atom stereocenters. The molecule has 1 N–H and O–H groups in total. The lowest BCUT2D eigenvalue weighted by Crippen LogP contribution is -2.46. The van der Waals surface area contributed by atoms with Crippen LogP contribution in [0.15, 0.2) is 16.7 Å². The third-order valence-electron chi connectivity index (χ3n) is 3.65. The van der Waals surface area contributed by atoms with E-state index < -0.39 is 0 Å². The van der Waals surface area contributed by atoms with Crippen LogP contribution in [0, 0.1) is 0 Å². The molecule has 0 radical (unpaired) electrons. The summed E-state index contributed by atoms with van der Waals surface area (Å²) in [6, 6.07) is 2.16. The van der Waals surface area contributed by atoms with Crippen LogP contribution < -0.4 is 5.32 Å². The number of carbonyl (C=O) groups excluding carboxylic acids is 1. The molecule has 0 aromatic carbocycles.